The van der Waals surface area contributed by atoms with Crippen LogP contribution >= 0.6 is 0 Å². The van der Waals surface area contributed by atoms with Gasteiger partial charge in [0.2, 0.25) is 5.91 Å². The molecule has 0 aliphatic carbocycles. The molecule has 0 atom stereocenters. The molecule has 1 amide bonds. The lowest BCUT2D eigenvalue weighted by molar-refractivity contribution is -0.129. The molecule has 2 rings (SSSR count). The van der Waals surface area contributed by atoms with Crippen molar-refractivity contribution in [3.63, 3.8) is 0 Å². The molecule has 0 radical (unpaired) electrons. The average molecular weight is 264 g/mol. The molecule has 0 bridgehead atoms. The van der Waals surface area contributed by atoms with Gasteiger partial charge in [-0.1, -0.05) is 0 Å². The topological polar surface area (TPSA) is 40.6 Å². The Bertz CT molecular complexity index is 473. The zero-order valence-electron chi connectivity index (χ0n) is 10.9. The number of Topliss-reactive ketones (excluding diaryl/α,β-unsaturated/α-hetero) is 1. The summed E-state index contributed by atoms with van der Waals surface area (Å²) >= 11 is 0. The molecular weight excluding hydrogens is 247 g/mol. The fourth-order valence-corrected chi connectivity index (χ4v) is 2.11. The van der Waals surface area contributed by atoms with E-state index in [1.807, 2.05) is 4.90 Å². The minimum atomic E-state index is -0.358. The van der Waals surface area contributed by atoms with Crippen LogP contribution in [0.15, 0.2) is 24.3 Å². The zero-order valence-corrected chi connectivity index (χ0v) is 10.9. The van der Waals surface area contributed by atoms with Crippen LogP contribution in [0.4, 0.5) is 4.39 Å². The largest absolute Gasteiger partial charge is 0.345 e. The number of rotatable bonds is 3. The highest BCUT2D eigenvalue weighted by Crippen LogP contribution is 2.07. The van der Waals surface area contributed by atoms with Crippen molar-refractivity contribution in [1.82, 2.24) is 9.80 Å². The van der Waals surface area contributed by atoms with Gasteiger partial charge < -0.3 is 4.90 Å². The summed E-state index contributed by atoms with van der Waals surface area (Å²) in [4.78, 5) is 27.3. The average Bonchev–Trinajstić information content (AvgIpc) is 2.53. The highest BCUT2D eigenvalue weighted by molar-refractivity contribution is 5.97. The number of halogens is 1. The molecule has 5 heteroatoms. The lowest BCUT2D eigenvalue weighted by Gasteiger charge is -2.18. The number of carbonyl (C=O) groups is 2. The molecule has 102 valence electrons. The lowest BCUT2D eigenvalue weighted by Crippen LogP contribution is -2.37. The summed E-state index contributed by atoms with van der Waals surface area (Å²) < 4.78 is 12.8. The number of nitrogens with zero attached hydrogens (tertiary/aromatic N) is 2. The number of hydrogen-bond donors (Lipinski definition) is 0. The van der Waals surface area contributed by atoms with Crippen molar-refractivity contribution in [1.29, 1.82) is 0 Å². The molecular formula is C14H17FN2O2. The first-order valence-corrected chi connectivity index (χ1v) is 6.31. The van der Waals surface area contributed by atoms with Gasteiger partial charge >= 0.3 is 0 Å². The van der Waals surface area contributed by atoms with E-state index in [1.165, 1.54) is 24.3 Å². The van der Waals surface area contributed by atoms with Gasteiger partial charge in [-0.3, -0.25) is 14.5 Å². The number of carbonyl (C=O) groups excluding carboxylic acids is 2. The van der Waals surface area contributed by atoms with Gasteiger partial charge in [0.25, 0.3) is 0 Å². The first kappa shape index (κ1) is 13.7. The molecule has 0 unspecified atom stereocenters. The fraction of sp³-hybridized carbons (Fsp3) is 0.429. The van der Waals surface area contributed by atoms with E-state index >= 15 is 0 Å². The van der Waals surface area contributed by atoms with E-state index in [-0.39, 0.29) is 30.6 Å². The first-order chi connectivity index (χ1) is 9.06. The maximum Gasteiger partial charge on any atom is 0.236 e. The number of hydrogen-bond acceptors (Lipinski definition) is 3. The maximum absolute atomic E-state index is 12.8. The predicted octanol–water partition coefficient (Wildman–Crippen LogP) is 1.17. The van der Waals surface area contributed by atoms with Gasteiger partial charge in [-0.05, 0) is 30.7 Å². The van der Waals surface area contributed by atoms with Gasteiger partial charge in [0, 0.05) is 25.7 Å². The summed E-state index contributed by atoms with van der Waals surface area (Å²) in [7, 11) is 1.77. The first-order valence-electron chi connectivity index (χ1n) is 6.31. The van der Waals surface area contributed by atoms with Crippen LogP contribution in [0.25, 0.3) is 0 Å². The summed E-state index contributed by atoms with van der Waals surface area (Å²) in [5.74, 6) is -0.412. The van der Waals surface area contributed by atoms with E-state index in [1.54, 1.807) is 11.9 Å². The number of amides is 1. The van der Waals surface area contributed by atoms with E-state index in [9.17, 15) is 14.0 Å². The van der Waals surface area contributed by atoms with Crippen LogP contribution in [0, 0.1) is 5.82 Å². The third kappa shape index (κ3) is 3.61. The normalized spacial score (nSPS) is 17.4. The molecule has 0 aromatic heterocycles. The summed E-state index contributed by atoms with van der Waals surface area (Å²) in [6.45, 7) is 1.91. The molecule has 0 spiro atoms. The Morgan fingerprint density at radius 3 is 2.63 bits per heavy atom. The van der Waals surface area contributed by atoms with E-state index in [0.29, 0.717) is 5.56 Å². The van der Waals surface area contributed by atoms with Crippen molar-refractivity contribution in [2.75, 3.05) is 33.2 Å². The third-order valence-electron chi connectivity index (χ3n) is 3.29. The molecule has 1 saturated heterocycles. The van der Waals surface area contributed by atoms with Crippen LogP contribution in [0.3, 0.4) is 0 Å². The van der Waals surface area contributed by atoms with E-state index in [4.69, 9.17) is 0 Å². The second-order valence-corrected chi connectivity index (χ2v) is 4.81. The molecule has 0 N–H and O–H groups in total. The summed E-state index contributed by atoms with van der Waals surface area (Å²) in [6, 6.07) is 5.50. The van der Waals surface area contributed by atoms with Gasteiger partial charge in [-0.25, -0.2) is 4.39 Å². The Morgan fingerprint density at radius 2 is 1.95 bits per heavy atom. The van der Waals surface area contributed by atoms with Crippen molar-refractivity contribution in [3.8, 4) is 0 Å². The van der Waals surface area contributed by atoms with Crippen LogP contribution < -0.4 is 0 Å². The highest BCUT2D eigenvalue weighted by atomic mass is 19.1. The lowest BCUT2D eigenvalue weighted by atomic mass is 10.1. The van der Waals surface area contributed by atoms with Crippen LogP contribution in [0.5, 0.6) is 0 Å². The molecule has 1 aromatic carbocycles. The van der Waals surface area contributed by atoms with Gasteiger partial charge in [-0.2, -0.15) is 0 Å². The Balaban J connectivity index is 1.98. The Morgan fingerprint density at radius 1 is 1.26 bits per heavy atom. The Kier molecular flexibility index (Phi) is 4.27. The second-order valence-electron chi connectivity index (χ2n) is 4.81. The molecule has 1 aromatic rings. The Labute approximate surface area is 111 Å². The summed E-state index contributed by atoms with van der Waals surface area (Å²) in [6.07, 6.45) is 0.860. The SMILES string of the molecule is CN1CCCN(CC(=O)c2ccc(F)cc2)CC1=O. The highest BCUT2D eigenvalue weighted by Gasteiger charge is 2.21. The number of ketones is 1. The third-order valence-corrected chi connectivity index (χ3v) is 3.29. The van der Waals surface area contributed by atoms with Gasteiger partial charge in [-0.15, -0.1) is 0 Å². The van der Waals surface area contributed by atoms with E-state index in [0.717, 1.165) is 19.5 Å². The van der Waals surface area contributed by atoms with Crippen molar-refractivity contribution >= 4 is 11.7 Å². The van der Waals surface area contributed by atoms with Crippen molar-refractivity contribution < 1.29 is 14.0 Å². The van der Waals surface area contributed by atoms with E-state index < -0.39 is 0 Å². The van der Waals surface area contributed by atoms with Crippen LogP contribution in [-0.4, -0.2) is 54.7 Å². The number of benzene rings is 1. The number of likely N-dealkylation sites (N-methyl/N-ethyl adjacent to an activating group) is 1. The molecule has 1 heterocycles. The summed E-state index contributed by atoms with van der Waals surface area (Å²) in [5.41, 5.74) is 0.478. The van der Waals surface area contributed by atoms with Crippen molar-refractivity contribution in [2.24, 2.45) is 0 Å². The molecule has 1 aliphatic rings. The predicted molar refractivity (Wildman–Crippen MR) is 69.4 cm³/mol. The minimum Gasteiger partial charge on any atom is -0.345 e. The van der Waals surface area contributed by atoms with E-state index in [2.05, 4.69) is 0 Å². The van der Waals surface area contributed by atoms with Crippen LogP contribution in [-0.2, 0) is 4.79 Å². The summed E-state index contributed by atoms with van der Waals surface area (Å²) in [5, 5.41) is 0. The standard InChI is InChI=1S/C14H17FN2O2/c1-16-7-2-8-17(10-14(16)19)9-13(18)11-3-5-12(15)6-4-11/h3-6H,2,7-10H2,1H3. The minimum absolute atomic E-state index is 0.0319. The van der Waals surface area contributed by atoms with Crippen LogP contribution in [0.2, 0.25) is 0 Å². The van der Waals surface area contributed by atoms with Crippen LogP contribution in [0.1, 0.15) is 16.8 Å². The molecule has 1 fully saturated rings. The molecule has 1 aliphatic heterocycles. The molecule has 19 heavy (non-hydrogen) atoms. The van der Waals surface area contributed by atoms with Gasteiger partial charge in [0.1, 0.15) is 5.82 Å². The smallest absolute Gasteiger partial charge is 0.236 e. The Hall–Kier alpha value is -1.75. The van der Waals surface area contributed by atoms with Crippen molar-refractivity contribution in [3.05, 3.63) is 35.6 Å². The fourth-order valence-electron chi connectivity index (χ4n) is 2.11. The van der Waals surface area contributed by atoms with Gasteiger partial charge in [0.15, 0.2) is 5.78 Å². The van der Waals surface area contributed by atoms with Crippen molar-refractivity contribution in [2.45, 2.75) is 6.42 Å². The quantitative estimate of drug-likeness (QED) is 0.770. The van der Waals surface area contributed by atoms with Gasteiger partial charge in [0.05, 0.1) is 13.1 Å². The molecule has 4 nitrogen and oxygen atoms in total. The monoisotopic (exact) mass is 264 g/mol. The maximum atomic E-state index is 12.8. The molecule has 0 saturated carbocycles. The zero-order chi connectivity index (χ0) is 13.8. The second kappa shape index (κ2) is 5.93.